The minimum absolute atomic E-state index is 0.321. The summed E-state index contributed by atoms with van der Waals surface area (Å²) in [5, 5.41) is 9.33. The SMILES string of the molecule is COc1cc(Cl)cc2c1OC(C(=O)O)C2. The van der Waals surface area contributed by atoms with Crippen molar-refractivity contribution in [3.8, 4) is 11.5 Å². The van der Waals surface area contributed by atoms with Crippen LogP contribution in [0.1, 0.15) is 5.56 Å². The molecule has 1 atom stereocenters. The fourth-order valence-corrected chi connectivity index (χ4v) is 1.81. The second-order valence-electron chi connectivity index (χ2n) is 3.25. The van der Waals surface area contributed by atoms with Crippen LogP contribution in [-0.2, 0) is 11.2 Å². The molecule has 2 rings (SSSR count). The van der Waals surface area contributed by atoms with Crippen molar-refractivity contribution in [2.75, 3.05) is 7.11 Å². The molecule has 0 aliphatic carbocycles. The zero-order valence-corrected chi connectivity index (χ0v) is 8.75. The van der Waals surface area contributed by atoms with Crippen molar-refractivity contribution in [3.05, 3.63) is 22.7 Å². The first-order valence-electron chi connectivity index (χ1n) is 4.37. The van der Waals surface area contributed by atoms with Gasteiger partial charge in [-0.2, -0.15) is 0 Å². The number of carboxylic acids is 1. The van der Waals surface area contributed by atoms with Crippen LogP contribution >= 0.6 is 11.6 Å². The van der Waals surface area contributed by atoms with E-state index in [1.807, 2.05) is 0 Å². The third-order valence-corrected chi connectivity index (χ3v) is 2.48. The van der Waals surface area contributed by atoms with Crippen LogP contribution in [0.25, 0.3) is 0 Å². The van der Waals surface area contributed by atoms with Crippen molar-refractivity contribution in [2.24, 2.45) is 0 Å². The van der Waals surface area contributed by atoms with E-state index < -0.39 is 12.1 Å². The molecule has 1 aliphatic rings. The molecule has 1 unspecified atom stereocenters. The number of hydrogen-bond acceptors (Lipinski definition) is 3. The van der Waals surface area contributed by atoms with Crippen LogP contribution in [0.5, 0.6) is 11.5 Å². The Morgan fingerprint density at radius 3 is 3.00 bits per heavy atom. The van der Waals surface area contributed by atoms with Crippen molar-refractivity contribution < 1.29 is 19.4 Å². The second-order valence-corrected chi connectivity index (χ2v) is 3.68. The number of ether oxygens (including phenoxy) is 2. The molecular weight excluding hydrogens is 220 g/mol. The summed E-state index contributed by atoms with van der Waals surface area (Å²) >= 11 is 5.85. The fourth-order valence-electron chi connectivity index (χ4n) is 1.58. The normalized spacial score (nSPS) is 18.1. The lowest BCUT2D eigenvalue weighted by molar-refractivity contribution is -0.144. The zero-order valence-electron chi connectivity index (χ0n) is 7.99. The zero-order chi connectivity index (χ0) is 11.0. The third kappa shape index (κ3) is 1.72. The first-order valence-corrected chi connectivity index (χ1v) is 4.75. The van der Waals surface area contributed by atoms with Crippen molar-refractivity contribution in [3.63, 3.8) is 0 Å². The molecule has 0 bridgehead atoms. The Bertz CT molecular complexity index is 416. The van der Waals surface area contributed by atoms with Crippen molar-refractivity contribution >= 4 is 17.6 Å². The van der Waals surface area contributed by atoms with Gasteiger partial charge in [0, 0.05) is 23.1 Å². The molecule has 0 spiro atoms. The minimum atomic E-state index is -0.982. The molecule has 1 aromatic rings. The number of rotatable bonds is 2. The number of benzene rings is 1. The molecule has 80 valence electrons. The number of carbonyl (C=O) groups is 1. The van der Waals surface area contributed by atoms with Gasteiger partial charge in [-0.15, -0.1) is 0 Å². The van der Waals surface area contributed by atoms with E-state index in [1.165, 1.54) is 7.11 Å². The van der Waals surface area contributed by atoms with E-state index in [2.05, 4.69) is 0 Å². The van der Waals surface area contributed by atoms with Gasteiger partial charge in [0.15, 0.2) is 17.6 Å². The van der Waals surface area contributed by atoms with Gasteiger partial charge in [0.1, 0.15) is 0 Å². The number of halogens is 1. The maximum absolute atomic E-state index is 10.8. The van der Waals surface area contributed by atoms with E-state index in [-0.39, 0.29) is 0 Å². The van der Waals surface area contributed by atoms with Crippen LogP contribution in [0, 0.1) is 0 Å². The molecule has 0 amide bonds. The average Bonchev–Trinajstić information content (AvgIpc) is 2.59. The van der Waals surface area contributed by atoms with E-state index in [1.54, 1.807) is 12.1 Å². The first-order chi connectivity index (χ1) is 7.11. The molecule has 5 heteroatoms. The van der Waals surface area contributed by atoms with Gasteiger partial charge in [0.25, 0.3) is 0 Å². The Morgan fingerprint density at radius 1 is 1.67 bits per heavy atom. The molecule has 4 nitrogen and oxygen atoms in total. The quantitative estimate of drug-likeness (QED) is 0.838. The monoisotopic (exact) mass is 228 g/mol. The summed E-state index contributed by atoms with van der Waals surface area (Å²) in [6.45, 7) is 0. The summed E-state index contributed by atoms with van der Waals surface area (Å²) in [6.07, 6.45) is -0.519. The number of fused-ring (bicyclic) bond motifs is 1. The van der Waals surface area contributed by atoms with Crippen molar-refractivity contribution in [1.29, 1.82) is 0 Å². The second kappa shape index (κ2) is 3.62. The van der Waals surface area contributed by atoms with Gasteiger partial charge in [-0.05, 0) is 6.07 Å². The first kappa shape index (κ1) is 10.1. The molecule has 0 radical (unpaired) electrons. The molecule has 15 heavy (non-hydrogen) atoms. The van der Waals surface area contributed by atoms with Gasteiger partial charge in [0.2, 0.25) is 0 Å². The van der Waals surface area contributed by atoms with E-state index in [9.17, 15) is 4.79 Å². The smallest absolute Gasteiger partial charge is 0.345 e. The molecule has 1 aromatic carbocycles. The van der Waals surface area contributed by atoms with E-state index in [0.717, 1.165) is 5.56 Å². The Hall–Kier alpha value is -1.42. The maximum Gasteiger partial charge on any atom is 0.345 e. The maximum atomic E-state index is 10.8. The Kier molecular flexibility index (Phi) is 2.44. The standard InChI is InChI=1S/C10H9ClO4/c1-14-7-4-6(11)2-5-3-8(10(12)13)15-9(5)7/h2,4,8H,3H2,1H3,(H,12,13). The third-order valence-electron chi connectivity index (χ3n) is 2.26. The molecule has 0 fully saturated rings. The topological polar surface area (TPSA) is 55.8 Å². The van der Waals surface area contributed by atoms with Crippen LogP contribution in [-0.4, -0.2) is 24.3 Å². The number of methoxy groups -OCH3 is 1. The van der Waals surface area contributed by atoms with Crippen LogP contribution in [0.2, 0.25) is 5.02 Å². The fraction of sp³-hybridized carbons (Fsp3) is 0.300. The van der Waals surface area contributed by atoms with Gasteiger partial charge < -0.3 is 14.6 Å². The minimum Gasteiger partial charge on any atom is -0.493 e. The Balaban J connectivity index is 2.40. The largest absolute Gasteiger partial charge is 0.493 e. The summed E-state index contributed by atoms with van der Waals surface area (Å²) in [5.41, 5.74) is 0.770. The molecule has 0 saturated carbocycles. The molecule has 1 N–H and O–H groups in total. The highest BCUT2D eigenvalue weighted by atomic mass is 35.5. The van der Waals surface area contributed by atoms with Crippen LogP contribution in [0.4, 0.5) is 0 Å². The number of aliphatic carboxylic acids is 1. The lowest BCUT2D eigenvalue weighted by atomic mass is 10.1. The summed E-state index contributed by atoms with van der Waals surface area (Å²) < 4.78 is 10.3. The van der Waals surface area contributed by atoms with Crippen molar-refractivity contribution in [2.45, 2.75) is 12.5 Å². The molecule has 1 heterocycles. The van der Waals surface area contributed by atoms with E-state index >= 15 is 0 Å². The number of hydrogen-bond donors (Lipinski definition) is 1. The van der Waals surface area contributed by atoms with Crippen LogP contribution < -0.4 is 9.47 Å². The van der Waals surface area contributed by atoms with Gasteiger partial charge in [-0.25, -0.2) is 4.79 Å². The van der Waals surface area contributed by atoms with Crippen LogP contribution in [0.3, 0.4) is 0 Å². The summed E-state index contributed by atoms with van der Waals surface area (Å²) in [6, 6.07) is 3.30. The highest BCUT2D eigenvalue weighted by Gasteiger charge is 2.31. The van der Waals surface area contributed by atoms with Crippen LogP contribution in [0.15, 0.2) is 12.1 Å². The summed E-state index contributed by atoms with van der Waals surface area (Å²) in [7, 11) is 1.49. The predicted octanol–water partition coefficient (Wildman–Crippen LogP) is 1.74. The van der Waals surface area contributed by atoms with Gasteiger partial charge in [-0.3, -0.25) is 0 Å². The summed E-state index contributed by atoms with van der Waals surface area (Å²) in [4.78, 5) is 10.8. The van der Waals surface area contributed by atoms with Gasteiger partial charge in [0.05, 0.1) is 7.11 Å². The average molecular weight is 229 g/mol. The highest BCUT2D eigenvalue weighted by Crippen LogP contribution is 2.40. The number of carboxylic acid groups (broad SMARTS) is 1. The Labute approximate surface area is 91.4 Å². The Morgan fingerprint density at radius 2 is 2.40 bits per heavy atom. The lowest BCUT2D eigenvalue weighted by Crippen LogP contribution is -2.24. The lowest BCUT2D eigenvalue weighted by Gasteiger charge is -2.08. The van der Waals surface area contributed by atoms with E-state index in [4.69, 9.17) is 26.2 Å². The van der Waals surface area contributed by atoms with Gasteiger partial charge >= 0.3 is 5.97 Å². The summed E-state index contributed by atoms with van der Waals surface area (Å²) in [5.74, 6) is -0.0278. The van der Waals surface area contributed by atoms with Crippen molar-refractivity contribution in [1.82, 2.24) is 0 Å². The van der Waals surface area contributed by atoms with E-state index in [0.29, 0.717) is 22.9 Å². The molecule has 1 aliphatic heterocycles. The predicted molar refractivity (Wildman–Crippen MR) is 53.8 cm³/mol. The van der Waals surface area contributed by atoms with Gasteiger partial charge in [-0.1, -0.05) is 11.6 Å². The molecule has 0 saturated heterocycles. The molecular formula is C10H9ClO4. The highest BCUT2D eigenvalue weighted by molar-refractivity contribution is 6.30. The molecule has 0 aromatic heterocycles.